The first kappa shape index (κ1) is 35.1. The molecule has 0 saturated carbocycles. The number of nitrogens with zero attached hydrogens (tertiary/aromatic N) is 3. The molecule has 0 spiro atoms. The minimum atomic E-state index is -0.812. The van der Waals surface area contributed by atoms with Gasteiger partial charge in [-0.2, -0.15) is 30.3 Å². The number of hydrogen-bond donors (Lipinski definition) is 0. The Kier molecular flexibility index (Phi) is 8.29. The molecule has 55 heavy (non-hydrogen) atoms. The minimum Gasteiger partial charge on any atom is -0.373 e. The number of imidazole rings is 1. The monoisotopic (exact) mass is 888 g/mol. The summed E-state index contributed by atoms with van der Waals surface area (Å²) in [5.74, 6) is 0.869. The minimum absolute atomic E-state index is 0. The molecule has 0 radical (unpaired) electrons. The molecule has 0 bridgehead atoms. The average Bonchev–Trinajstić information content (AvgIpc) is 3.85. The van der Waals surface area contributed by atoms with Gasteiger partial charge in [-0.1, -0.05) is 118 Å². The predicted molar refractivity (Wildman–Crippen MR) is 217 cm³/mol. The van der Waals surface area contributed by atoms with Gasteiger partial charge in [-0.05, 0) is 67.6 Å². The number of hydrogen-bond acceptors (Lipinski definition) is 2. The number of aryl methyl sites for hydroxylation is 1. The molecular formula is C51H39N3Pt. The van der Waals surface area contributed by atoms with Crippen molar-refractivity contribution in [2.24, 2.45) is 7.05 Å². The van der Waals surface area contributed by atoms with Crippen molar-refractivity contribution < 1.29 is 21.1 Å². The van der Waals surface area contributed by atoms with Crippen molar-refractivity contribution in [3.63, 3.8) is 0 Å². The van der Waals surface area contributed by atoms with Crippen LogP contribution in [-0.4, -0.2) is 14.5 Å². The van der Waals surface area contributed by atoms with E-state index in [1.165, 1.54) is 50.1 Å². The van der Waals surface area contributed by atoms with Gasteiger partial charge in [-0.3, -0.25) is 9.97 Å². The summed E-state index contributed by atoms with van der Waals surface area (Å²) in [6.45, 7) is 6.92. The third kappa shape index (κ3) is 4.99. The van der Waals surface area contributed by atoms with E-state index in [0.29, 0.717) is 0 Å². The van der Waals surface area contributed by atoms with E-state index in [4.69, 9.17) is 9.97 Å². The first-order valence-corrected chi connectivity index (χ1v) is 18.7. The SMILES string of the molecule is Cn1cc(C2(c3cc(C(C)(C)C)cc(C4(c5[c-]cccc5)c5ccccc5-c5ccccc54)n3)c3ccccc3-c3ccccc32)nc1-c1[c-]cccc1.[Pt+2]. The van der Waals surface area contributed by atoms with E-state index < -0.39 is 10.8 Å². The number of aromatic nitrogens is 3. The third-order valence-corrected chi connectivity index (χ3v) is 11.7. The second kappa shape index (κ2) is 13.0. The van der Waals surface area contributed by atoms with Crippen LogP contribution in [0.25, 0.3) is 33.6 Å². The maximum atomic E-state index is 6.04. The molecule has 8 aromatic rings. The van der Waals surface area contributed by atoms with E-state index in [9.17, 15) is 0 Å². The molecule has 0 amide bonds. The van der Waals surface area contributed by atoms with Crippen LogP contribution in [0.3, 0.4) is 0 Å². The summed E-state index contributed by atoms with van der Waals surface area (Å²) in [5.41, 5.74) is 14.1. The normalized spacial score (nSPS) is 14.3. The van der Waals surface area contributed by atoms with Gasteiger partial charge in [-0.15, -0.1) is 41.5 Å². The number of fused-ring (bicyclic) bond motifs is 6. The van der Waals surface area contributed by atoms with Gasteiger partial charge >= 0.3 is 21.1 Å². The molecule has 0 aliphatic heterocycles. The summed E-state index contributed by atoms with van der Waals surface area (Å²) in [6, 6.07) is 63.8. The first-order valence-electron chi connectivity index (χ1n) is 18.7. The molecule has 10 rings (SSSR count). The van der Waals surface area contributed by atoms with Crippen molar-refractivity contribution in [1.82, 2.24) is 14.5 Å². The van der Waals surface area contributed by atoms with Crippen LogP contribution in [0.1, 0.15) is 71.2 Å². The summed E-state index contributed by atoms with van der Waals surface area (Å²) in [6.07, 6.45) is 2.21. The van der Waals surface area contributed by atoms with Crippen LogP contribution >= 0.6 is 0 Å². The Balaban J connectivity index is 0.00000397. The van der Waals surface area contributed by atoms with Gasteiger partial charge in [0.05, 0.1) is 28.3 Å². The fraction of sp³-hybridized carbons (Fsp3) is 0.137. The van der Waals surface area contributed by atoms with Crippen LogP contribution in [-0.2, 0) is 44.4 Å². The van der Waals surface area contributed by atoms with Crippen LogP contribution in [0.2, 0.25) is 0 Å². The number of pyridine rings is 1. The van der Waals surface area contributed by atoms with Crippen molar-refractivity contribution in [2.75, 3.05) is 0 Å². The Labute approximate surface area is 338 Å². The Morgan fingerprint density at radius 1 is 0.509 bits per heavy atom. The quantitative estimate of drug-likeness (QED) is 0.161. The maximum absolute atomic E-state index is 6.04. The third-order valence-electron chi connectivity index (χ3n) is 11.7. The zero-order valence-electron chi connectivity index (χ0n) is 31.2. The molecular weight excluding hydrogens is 850 g/mol. The summed E-state index contributed by atoms with van der Waals surface area (Å²) in [4.78, 5) is 11.6. The van der Waals surface area contributed by atoms with Crippen molar-refractivity contribution in [2.45, 2.75) is 37.0 Å². The van der Waals surface area contributed by atoms with E-state index in [1.807, 2.05) is 24.3 Å². The second-order valence-electron chi connectivity index (χ2n) is 15.7. The van der Waals surface area contributed by atoms with Crippen LogP contribution < -0.4 is 0 Å². The van der Waals surface area contributed by atoms with Gasteiger partial charge < -0.3 is 4.57 Å². The molecule has 2 aromatic heterocycles. The van der Waals surface area contributed by atoms with Crippen molar-refractivity contribution >= 4 is 0 Å². The average molecular weight is 889 g/mol. The Morgan fingerprint density at radius 2 is 0.964 bits per heavy atom. The molecule has 0 unspecified atom stereocenters. The standard InChI is InChI=1S/C51H39N3.Pt/c1-49(2,3)36-31-45(50(35-21-9-6-10-22-35)41-27-15-11-23-37(41)38-24-12-16-28-42(38)50)52-46(32-36)51(47-33-54(4)48(53-47)34-19-7-5-8-20-34)43-29-17-13-25-39(43)40-26-14-18-30-44(40)51;/h5-19,21,23-33H,1-4H3;/q-2;+2. The van der Waals surface area contributed by atoms with Crippen LogP contribution in [0, 0.1) is 12.1 Å². The van der Waals surface area contributed by atoms with Gasteiger partial charge in [0.2, 0.25) is 0 Å². The molecule has 2 aliphatic rings. The Morgan fingerprint density at radius 3 is 1.44 bits per heavy atom. The molecule has 0 fully saturated rings. The summed E-state index contributed by atoms with van der Waals surface area (Å²) in [7, 11) is 2.09. The zero-order chi connectivity index (χ0) is 36.7. The number of rotatable bonds is 5. The van der Waals surface area contributed by atoms with E-state index >= 15 is 0 Å². The molecule has 6 aromatic carbocycles. The van der Waals surface area contributed by atoms with Gasteiger partial charge in [0.1, 0.15) is 5.41 Å². The second-order valence-corrected chi connectivity index (χ2v) is 15.7. The van der Waals surface area contributed by atoms with Crippen molar-refractivity contribution in [1.29, 1.82) is 0 Å². The van der Waals surface area contributed by atoms with Crippen LogP contribution in [0.15, 0.2) is 164 Å². The fourth-order valence-electron chi connectivity index (χ4n) is 9.26. The molecule has 268 valence electrons. The van der Waals surface area contributed by atoms with E-state index in [0.717, 1.165) is 34.0 Å². The van der Waals surface area contributed by atoms with E-state index in [2.05, 4.69) is 184 Å². The Bertz CT molecular complexity index is 2630. The maximum Gasteiger partial charge on any atom is 2.00 e. The van der Waals surface area contributed by atoms with Crippen molar-refractivity contribution in [3.05, 3.63) is 227 Å². The summed E-state index contributed by atoms with van der Waals surface area (Å²) < 4.78 is 2.14. The molecule has 2 heterocycles. The largest absolute Gasteiger partial charge is 2.00 e. The molecule has 0 atom stereocenters. The smallest absolute Gasteiger partial charge is 0.373 e. The van der Waals surface area contributed by atoms with E-state index in [-0.39, 0.29) is 26.5 Å². The molecule has 4 heteroatoms. The molecule has 0 N–H and O–H groups in total. The Hall–Kier alpha value is -5.63. The van der Waals surface area contributed by atoms with Crippen molar-refractivity contribution in [3.8, 4) is 33.6 Å². The van der Waals surface area contributed by atoms with Crippen LogP contribution in [0.4, 0.5) is 0 Å². The topological polar surface area (TPSA) is 30.7 Å². The summed E-state index contributed by atoms with van der Waals surface area (Å²) >= 11 is 0. The molecule has 2 aliphatic carbocycles. The van der Waals surface area contributed by atoms with Gasteiger partial charge in [-0.25, -0.2) is 0 Å². The number of benzene rings is 6. The van der Waals surface area contributed by atoms with Crippen LogP contribution in [0.5, 0.6) is 0 Å². The van der Waals surface area contributed by atoms with Gasteiger partial charge in [0, 0.05) is 13.2 Å². The first-order chi connectivity index (χ1) is 26.3. The summed E-state index contributed by atoms with van der Waals surface area (Å²) in [5, 5.41) is 0. The van der Waals surface area contributed by atoms with E-state index in [1.54, 1.807) is 0 Å². The fourth-order valence-corrected chi connectivity index (χ4v) is 9.26. The molecule has 3 nitrogen and oxygen atoms in total. The van der Waals surface area contributed by atoms with Gasteiger partial charge in [0.15, 0.2) is 0 Å². The van der Waals surface area contributed by atoms with Gasteiger partial charge in [0.25, 0.3) is 0 Å². The molecule has 0 saturated heterocycles. The predicted octanol–water partition coefficient (Wildman–Crippen LogP) is 11.1. The zero-order valence-corrected chi connectivity index (χ0v) is 33.5.